The molecular formula is C17H24O3S2. The second kappa shape index (κ2) is 5.84. The van der Waals surface area contributed by atoms with E-state index in [9.17, 15) is 8.42 Å². The van der Waals surface area contributed by atoms with Gasteiger partial charge in [0.05, 0.1) is 4.90 Å². The Hall–Kier alpha value is -0.520. The molecule has 2 atom stereocenters. The van der Waals surface area contributed by atoms with Crippen molar-refractivity contribution in [2.45, 2.75) is 61.5 Å². The van der Waals surface area contributed by atoms with Gasteiger partial charge in [-0.2, -0.15) is 0 Å². The lowest BCUT2D eigenvalue weighted by molar-refractivity contribution is 0.248. The van der Waals surface area contributed by atoms with Crippen molar-refractivity contribution in [3.05, 3.63) is 29.8 Å². The zero-order valence-corrected chi connectivity index (χ0v) is 14.7. The van der Waals surface area contributed by atoms with Crippen molar-refractivity contribution in [3.63, 3.8) is 0 Å². The normalized spacial score (nSPS) is 30.8. The first-order chi connectivity index (χ1) is 10.4. The molecule has 22 heavy (non-hydrogen) atoms. The number of hydrogen-bond acceptors (Lipinski definition) is 4. The van der Waals surface area contributed by atoms with Crippen LogP contribution >= 0.6 is 10.8 Å². The van der Waals surface area contributed by atoms with Crippen LogP contribution in [0.5, 0.6) is 0 Å². The molecule has 0 amide bonds. The highest BCUT2D eigenvalue weighted by Crippen LogP contribution is 2.74. The van der Waals surface area contributed by atoms with Crippen LogP contribution in [-0.2, 0) is 8.87 Å². The molecule has 0 aliphatic heterocycles. The van der Waals surface area contributed by atoms with Crippen LogP contribution in [0, 0.1) is 12.3 Å². The van der Waals surface area contributed by atoms with Gasteiger partial charge < -0.3 is 5.11 Å². The fourth-order valence-corrected chi connectivity index (χ4v) is 8.80. The summed E-state index contributed by atoms with van der Waals surface area (Å²) in [6, 6.07) is 7.15. The third-order valence-electron chi connectivity index (χ3n) is 5.34. The van der Waals surface area contributed by atoms with Crippen molar-refractivity contribution in [2.75, 3.05) is 6.61 Å². The van der Waals surface area contributed by atoms with Crippen LogP contribution in [-0.4, -0.2) is 24.9 Å². The van der Waals surface area contributed by atoms with E-state index in [1.807, 2.05) is 19.1 Å². The van der Waals surface area contributed by atoms with Crippen LogP contribution in [0.4, 0.5) is 0 Å². The van der Waals surface area contributed by atoms with Gasteiger partial charge in [-0.3, -0.25) is 0 Å². The third kappa shape index (κ3) is 2.83. The van der Waals surface area contributed by atoms with Gasteiger partial charge in [0.15, 0.2) is 0 Å². The summed E-state index contributed by atoms with van der Waals surface area (Å²) in [4.78, 5) is 0.422. The summed E-state index contributed by atoms with van der Waals surface area (Å²) in [7, 11) is -2.10. The highest BCUT2D eigenvalue weighted by Gasteiger charge is 2.69. The van der Waals surface area contributed by atoms with Crippen molar-refractivity contribution in [1.82, 2.24) is 0 Å². The van der Waals surface area contributed by atoms with E-state index in [1.54, 1.807) is 12.1 Å². The quantitative estimate of drug-likeness (QED) is 0.798. The van der Waals surface area contributed by atoms with Gasteiger partial charge in [0.25, 0.3) is 0 Å². The predicted octanol–water partition coefficient (Wildman–Crippen LogP) is 3.89. The van der Waals surface area contributed by atoms with Crippen LogP contribution in [0.1, 0.15) is 50.5 Å². The van der Waals surface area contributed by atoms with E-state index in [0.29, 0.717) is 4.90 Å². The lowest BCUT2D eigenvalue weighted by Gasteiger charge is -2.29. The molecule has 0 bridgehead atoms. The fourth-order valence-electron chi connectivity index (χ4n) is 4.03. The molecule has 3 nitrogen and oxygen atoms in total. The largest absolute Gasteiger partial charge is 0.396 e. The predicted molar refractivity (Wildman–Crippen MR) is 90.5 cm³/mol. The Labute approximate surface area is 136 Å². The zero-order valence-electron chi connectivity index (χ0n) is 13.0. The second-order valence-corrected chi connectivity index (χ2v) is 11.0. The Balaban J connectivity index is 1.80. The number of benzene rings is 1. The number of aliphatic hydroxyl groups excluding tert-OH is 1. The van der Waals surface area contributed by atoms with Gasteiger partial charge in [0.1, 0.15) is 0 Å². The van der Waals surface area contributed by atoms with Gasteiger partial charge in [-0.1, -0.05) is 30.5 Å². The third-order valence-corrected chi connectivity index (χ3v) is 9.71. The maximum atomic E-state index is 12.8. The highest BCUT2D eigenvalue weighted by atomic mass is 33.1. The average Bonchev–Trinajstić information content (AvgIpc) is 3.13. The molecule has 122 valence electrons. The van der Waals surface area contributed by atoms with Crippen molar-refractivity contribution in [3.8, 4) is 0 Å². The minimum atomic E-state index is -3.30. The van der Waals surface area contributed by atoms with Gasteiger partial charge in [0, 0.05) is 11.4 Å². The molecule has 3 rings (SSSR count). The molecule has 2 aliphatic carbocycles. The molecule has 2 fully saturated rings. The minimum absolute atomic E-state index is 0.107. The fraction of sp³-hybridized carbons (Fsp3) is 0.647. The van der Waals surface area contributed by atoms with Gasteiger partial charge in [0.2, 0.25) is 8.87 Å². The van der Waals surface area contributed by atoms with E-state index in [4.69, 9.17) is 5.11 Å². The molecule has 0 radical (unpaired) electrons. The first-order valence-corrected chi connectivity index (χ1v) is 10.9. The Morgan fingerprint density at radius 3 is 2.55 bits per heavy atom. The van der Waals surface area contributed by atoms with Crippen LogP contribution in [0.15, 0.2) is 29.2 Å². The number of rotatable bonds is 6. The Bertz CT molecular complexity index is 638. The van der Waals surface area contributed by atoms with E-state index in [0.717, 1.165) is 44.1 Å². The standard InChI is InChI=1S/C17H24O3S2/c1-14-5-7-15(8-6-14)22(19,20)21-17-11-3-2-9-16(17,13-17)10-4-12-18/h5-8,18H,2-4,9-13H2,1H3/t16-,17+/m0/s1. The molecule has 0 heterocycles. The Kier molecular flexibility index (Phi) is 4.34. The summed E-state index contributed by atoms with van der Waals surface area (Å²) >= 11 is 0. The van der Waals surface area contributed by atoms with Gasteiger partial charge in [-0.25, -0.2) is 8.42 Å². The van der Waals surface area contributed by atoms with Crippen LogP contribution < -0.4 is 0 Å². The molecule has 0 aromatic heterocycles. The SMILES string of the molecule is Cc1ccc(S(=O)(=O)S[C@@]23CCCC[C@]2(CCCO)C3)cc1. The van der Waals surface area contributed by atoms with Crippen molar-refractivity contribution in [1.29, 1.82) is 0 Å². The Morgan fingerprint density at radius 1 is 1.18 bits per heavy atom. The first kappa shape index (κ1) is 16.3. The minimum Gasteiger partial charge on any atom is -0.396 e. The summed E-state index contributed by atoms with van der Waals surface area (Å²) in [5, 5.41) is 9.13. The molecule has 1 aromatic rings. The Morgan fingerprint density at radius 2 is 1.86 bits per heavy atom. The summed E-state index contributed by atoms with van der Waals surface area (Å²) in [5.74, 6) is 0. The molecule has 0 saturated heterocycles. The molecule has 2 saturated carbocycles. The lowest BCUT2D eigenvalue weighted by atomic mass is 9.84. The van der Waals surface area contributed by atoms with Crippen LogP contribution in [0.2, 0.25) is 0 Å². The monoisotopic (exact) mass is 340 g/mol. The summed E-state index contributed by atoms with van der Waals surface area (Å²) in [6.07, 6.45) is 7.16. The van der Waals surface area contributed by atoms with E-state index in [1.165, 1.54) is 17.2 Å². The van der Waals surface area contributed by atoms with Gasteiger partial charge >= 0.3 is 0 Å². The number of fused-ring (bicyclic) bond motifs is 1. The molecule has 1 aromatic carbocycles. The molecule has 0 unspecified atom stereocenters. The highest BCUT2D eigenvalue weighted by molar-refractivity contribution is 8.72. The van der Waals surface area contributed by atoms with E-state index >= 15 is 0 Å². The van der Waals surface area contributed by atoms with Gasteiger partial charge in [-0.15, -0.1) is 0 Å². The van der Waals surface area contributed by atoms with Crippen molar-refractivity contribution < 1.29 is 13.5 Å². The molecule has 0 spiro atoms. The van der Waals surface area contributed by atoms with Crippen LogP contribution in [0.3, 0.4) is 0 Å². The molecule has 1 N–H and O–H groups in total. The molecular weight excluding hydrogens is 316 g/mol. The van der Waals surface area contributed by atoms with Crippen LogP contribution in [0.25, 0.3) is 0 Å². The van der Waals surface area contributed by atoms with E-state index in [2.05, 4.69) is 0 Å². The van der Waals surface area contributed by atoms with Crippen molar-refractivity contribution in [2.24, 2.45) is 5.41 Å². The lowest BCUT2D eigenvalue weighted by Crippen LogP contribution is -2.24. The second-order valence-electron chi connectivity index (χ2n) is 6.84. The summed E-state index contributed by atoms with van der Waals surface area (Å²) < 4.78 is 25.4. The smallest absolute Gasteiger partial charge is 0.230 e. The van der Waals surface area contributed by atoms with E-state index in [-0.39, 0.29) is 16.8 Å². The summed E-state index contributed by atoms with van der Waals surface area (Å²) in [5.41, 5.74) is 1.22. The number of aliphatic hydroxyl groups is 1. The molecule has 2 aliphatic rings. The number of hydrogen-bond donors (Lipinski definition) is 1. The first-order valence-electron chi connectivity index (χ1n) is 8.06. The van der Waals surface area contributed by atoms with Crippen molar-refractivity contribution >= 4 is 19.7 Å². The number of aryl methyl sites for hydroxylation is 1. The maximum absolute atomic E-state index is 12.8. The molecule has 5 heteroatoms. The topological polar surface area (TPSA) is 54.4 Å². The maximum Gasteiger partial charge on any atom is 0.230 e. The summed E-state index contributed by atoms with van der Waals surface area (Å²) in [6.45, 7) is 2.16. The average molecular weight is 341 g/mol. The zero-order chi connectivity index (χ0) is 15.8. The van der Waals surface area contributed by atoms with E-state index < -0.39 is 8.87 Å². The van der Waals surface area contributed by atoms with Gasteiger partial charge in [-0.05, 0) is 67.4 Å².